The fourth-order valence-electron chi connectivity index (χ4n) is 3.05. The number of nitrogens with zero attached hydrogens (tertiary/aromatic N) is 1. The Kier molecular flexibility index (Phi) is 2.52. The predicted octanol–water partition coefficient (Wildman–Crippen LogP) is 2.21. The average Bonchev–Trinajstić information content (AvgIpc) is 2.76. The molecule has 0 radical (unpaired) electrons. The van der Waals surface area contributed by atoms with Crippen molar-refractivity contribution in [1.29, 1.82) is 0 Å². The second kappa shape index (κ2) is 4.02. The van der Waals surface area contributed by atoms with Crippen LogP contribution in [0, 0.1) is 0 Å². The molecule has 0 aliphatic carbocycles. The van der Waals surface area contributed by atoms with Crippen LogP contribution < -0.4 is 0 Å². The van der Waals surface area contributed by atoms with E-state index >= 15 is 0 Å². The van der Waals surface area contributed by atoms with Crippen LogP contribution >= 0.6 is 0 Å². The molecule has 2 saturated heterocycles. The van der Waals surface area contributed by atoms with Gasteiger partial charge in [0, 0.05) is 19.0 Å². The zero-order valence-electron chi connectivity index (χ0n) is 9.43. The highest BCUT2D eigenvalue weighted by Crippen LogP contribution is 2.32. The molecule has 1 aromatic carbocycles. The Labute approximate surface area is 96.3 Å². The minimum absolute atomic E-state index is 0.121. The number of hydrogen-bond donors (Lipinski definition) is 0. The highest BCUT2D eigenvalue weighted by Gasteiger charge is 2.37. The maximum Gasteiger partial charge on any atom is 0.143 e. The summed E-state index contributed by atoms with van der Waals surface area (Å²) in [7, 11) is 0. The zero-order chi connectivity index (χ0) is 11.0. The number of Topliss-reactive ketones (excluding diaryl/α,β-unsaturated/α-hetero) is 1. The highest BCUT2D eigenvalue weighted by molar-refractivity contribution is 5.87. The second-order valence-corrected chi connectivity index (χ2v) is 4.92. The first-order valence-corrected chi connectivity index (χ1v) is 6.16. The summed E-state index contributed by atoms with van der Waals surface area (Å²) < 4.78 is 0. The SMILES string of the molecule is O=C1CC2CCCN2CC1c1ccccc1. The first-order chi connectivity index (χ1) is 7.84. The number of benzene rings is 1. The van der Waals surface area contributed by atoms with Crippen molar-refractivity contribution in [3.8, 4) is 0 Å². The fourth-order valence-corrected chi connectivity index (χ4v) is 3.05. The van der Waals surface area contributed by atoms with Gasteiger partial charge in [-0.05, 0) is 24.9 Å². The molecule has 84 valence electrons. The second-order valence-electron chi connectivity index (χ2n) is 4.92. The molecule has 2 aliphatic rings. The minimum Gasteiger partial charge on any atom is -0.299 e. The summed E-state index contributed by atoms with van der Waals surface area (Å²) in [6.07, 6.45) is 3.24. The normalized spacial score (nSPS) is 30.4. The predicted molar refractivity (Wildman–Crippen MR) is 63.4 cm³/mol. The van der Waals surface area contributed by atoms with Crippen LogP contribution in [-0.2, 0) is 4.79 Å². The summed E-state index contributed by atoms with van der Waals surface area (Å²) in [5.74, 6) is 0.560. The Morgan fingerprint density at radius 1 is 1.19 bits per heavy atom. The standard InChI is InChI=1S/C14H17NO/c16-14-9-12-7-4-8-15(12)10-13(14)11-5-2-1-3-6-11/h1-3,5-6,12-13H,4,7-10H2. The van der Waals surface area contributed by atoms with Gasteiger partial charge in [0.05, 0.1) is 5.92 Å². The minimum atomic E-state index is 0.121. The molecule has 2 nitrogen and oxygen atoms in total. The van der Waals surface area contributed by atoms with Crippen molar-refractivity contribution in [3.63, 3.8) is 0 Å². The van der Waals surface area contributed by atoms with Crippen molar-refractivity contribution in [2.24, 2.45) is 0 Å². The van der Waals surface area contributed by atoms with Crippen LogP contribution in [0.15, 0.2) is 30.3 Å². The van der Waals surface area contributed by atoms with Crippen LogP contribution in [0.3, 0.4) is 0 Å². The van der Waals surface area contributed by atoms with Gasteiger partial charge in [0.25, 0.3) is 0 Å². The molecule has 0 spiro atoms. The maximum absolute atomic E-state index is 12.1. The van der Waals surface area contributed by atoms with Crippen molar-refractivity contribution in [2.45, 2.75) is 31.2 Å². The summed E-state index contributed by atoms with van der Waals surface area (Å²) in [6, 6.07) is 10.8. The van der Waals surface area contributed by atoms with Gasteiger partial charge in [0.15, 0.2) is 0 Å². The van der Waals surface area contributed by atoms with Crippen molar-refractivity contribution >= 4 is 5.78 Å². The summed E-state index contributed by atoms with van der Waals surface area (Å²) in [5, 5.41) is 0. The molecule has 0 amide bonds. The Hall–Kier alpha value is -1.15. The molecule has 0 saturated carbocycles. The lowest BCUT2D eigenvalue weighted by molar-refractivity contribution is -0.124. The Bertz CT molecular complexity index is 387. The van der Waals surface area contributed by atoms with Gasteiger partial charge in [0.2, 0.25) is 0 Å². The van der Waals surface area contributed by atoms with Gasteiger partial charge >= 0.3 is 0 Å². The summed E-state index contributed by atoms with van der Waals surface area (Å²) >= 11 is 0. The molecule has 2 heteroatoms. The number of fused-ring (bicyclic) bond motifs is 1. The van der Waals surface area contributed by atoms with Gasteiger partial charge in [-0.3, -0.25) is 9.69 Å². The number of carbonyl (C=O) groups is 1. The van der Waals surface area contributed by atoms with Crippen LogP contribution in [0.1, 0.15) is 30.7 Å². The van der Waals surface area contributed by atoms with Crippen LogP contribution in [0.2, 0.25) is 0 Å². The Morgan fingerprint density at radius 2 is 2.00 bits per heavy atom. The topological polar surface area (TPSA) is 20.3 Å². The van der Waals surface area contributed by atoms with Crippen molar-refractivity contribution in [1.82, 2.24) is 4.90 Å². The highest BCUT2D eigenvalue weighted by atomic mass is 16.1. The Balaban J connectivity index is 1.83. The van der Waals surface area contributed by atoms with Gasteiger partial charge in [-0.1, -0.05) is 30.3 Å². The summed E-state index contributed by atoms with van der Waals surface area (Å²) in [4.78, 5) is 14.6. The number of hydrogen-bond acceptors (Lipinski definition) is 2. The maximum atomic E-state index is 12.1. The first kappa shape index (κ1) is 10.0. The number of piperidine rings is 1. The molecule has 3 rings (SSSR count). The third-order valence-corrected chi connectivity index (χ3v) is 3.94. The summed E-state index contributed by atoms with van der Waals surface area (Å²) in [6.45, 7) is 2.12. The van der Waals surface area contributed by atoms with Gasteiger partial charge in [-0.25, -0.2) is 0 Å². The average molecular weight is 215 g/mol. The quantitative estimate of drug-likeness (QED) is 0.716. The van der Waals surface area contributed by atoms with E-state index in [4.69, 9.17) is 0 Å². The van der Waals surface area contributed by atoms with Crippen molar-refractivity contribution < 1.29 is 4.79 Å². The molecule has 1 aromatic rings. The van der Waals surface area contributed by atoms with Crippen molar-refractivity contribution in [3.05, 3.63) is 35.9 Å². The molecule has 16 heavy (non-hydrogen) atoms. The smallest absolute Gasteiger partial charge is 0.143 e. The third kappa shape index (κ3) is 1.67. The third-order valence-electron chi connectivity index (χ3n) is 3.94. The molecule has 2 unspecified atom stereocenters. The zero-order valence-corrected chi connectivity index (χ0v) is 9.43. The van der Waals surface area contributed by atoms with E-state index in [1.165, 1.54) is 24.9 Å². The van der Waals surface area contributed by atoms with E-state index in [9.17, 15) is 4.79 Å². The molecule has 2 atom stereocenters. The number of carbonyl (C=O) groups excluding carboxylic acids is 1. The number of rotatable bonds is 1. The van der Waals surface area contributed by atoms with Gasteiger partial charge in [-0.2, -0.15) is 0 Å². The molecule has 2 aliphatic heterocycles. The van der Waals surface area contributed by atoms with Crippen LogP contribution in [-0.4, -0.2) is 29.8 Å². The molecule has 0 N–H and O–H groups in total. The molecule has 0 aromatic heterocycles. The number of ketones is 1. The van der Waals surface area contributed by atoms with E-state index in [-0.39, 0.29) is 5.92 Å². The lowest BCUT2D eigenvalue weighted by Crippen LogP contribution is -2.42. The lowest BCUT2D eigenvalue weighted by Gasteiger charge is -2.34. The van der Waals surface area contributed by atoms with E-state index in [1.807, 2.05) is 18.2 Å². The molecule has 2 fully saturated rings. The van der Waals surface area contributed by atoms with Crippen LogP contribution in [0.4, 0.5) is 0 Å². The van der Waals surface area contributed by atoms with E-state index in [2.05, 4.69) is 17.0 Å². The largest absolute Gasteiger partial charge is 0.299 e. The first-order valence-electron chi connectivity index (χ1n) is 6.16. The van der Waals surface area contributed by atoms with E-state index in [0.29, 0.717) is 11.8 Å². The van der Waals surface area contributed by atoms with Crippen LogP contribution in [0.5, 0.6) is 0 Å². The molecule has 0 bridgehead atoms. The van der Waals surface area contributed by atoms with E-state index in [0.717, 1.165) is 13.0 Å². The van der Waals surface area contributed by atoms with Gasteiger partial charge < -0.3 is 0 Å². The van der Waals surface area contributed by atoms with Crippen LogP contribution in [0.25, 0.3) is 0 Å². The van der Waals surface area contributed by atoms with Crippen molar-refractivity contribution in [2.75, 3.05) is 13.1 Å². The fraction of sp³-hybridized carbons (Fsp3) is 0.500. The molecular formula is C14H17NO. The monoisotopic (exact) mass is 215 g/mol. The van der Waals surface area contributed by atoms with Gasteiger partial charge in [0.1, 0.15) is 5.78 Å². The van der Waals surface area contributed by atoms with E-state index < -0.39 is 0 Å². The molecule has 2 heterocycles. The summed E-state index contributed by atoms with van der Waals surface area (Å²) in [5.41, 5.74) is 1.19. The molecular weight excluding hydrogens is 198 g/mol. The van der Waals surface area contributed by atoms with Gasteiger partial charge in [-0.15, -0.1) is 0 Å². The Morgan fingerprint density at radius 3 is 2.81 bits per heavy atom. The van der Waals surface area contributed by atoms with E-state index in [1.54, 1.807) is 0 Å². The lowest BCUT2D eigenvalue weighted by atomic mass is 9.86.